The van der Waals surface area contributed by atoms with E-state index in [1.165, 1.54) is 11.8 Å². The number of furan rings is 1. The molecule has 7 heteroatoms. The number of nitrogens with zero attached hydrogens (tertiary/aromatic N) is 3. The molecule has 1 aliphatic rings. The van der Waals surface area contributed by atoms with E-state index in [2.05, 4.69) is 9.97 Å². The maximum absolute atomic E-state index is 12.7. The first-order chi connectivity index (χ1) is 11.7. The molecule has 5 nitrogen and oxygen atoms in total. The van der Waals surface area contributed by atoms with Gasteiger partial charge < -0.3 is 9.32 Å². The predicted molar refractivity (Wildman–Crippen MR) is 95.2 cm³/mol. The first kappa shape index (κ1) is 15.7. The minimum Gasteiger partial charge on any atom is -0.464 e. The van der Waals surface area contributed by atoms with Gasteiger partial charge in [0.2, 0.25) is 5.91 Å². The molecule has 3 aromatic heterocycles. The Balaban J connectivity index is 1.44. The number of amides is 1. The summed E-state index contributed by atoms with van der Waals surface area (Å²) < 4.78 is 6.68. The molecular weight excluding hydrogens is 342 g/mol. The van der Waals surface area contributed by atoms with E-state index >= 15 is 0 Å². The van der Waals surface area contributed by atoms with Crippen molar-refractivity contribution in [3.63, 3.8) is 0 Å². The zero-order valence-corrected chi connectivity index (χ0v) is 14.9. The number of carbonyl (C=O) groups excluding carboxylic acids is 1. The first-order valence-electron chi connectivity index (χ1n) is 7.86. The van der Waals surface area contributed by atoms with Crippen LogP contribution in [0.4, 0.5) is 0 Å². The largest absolute Gasteiger partial charge is 0.464 e. The highest BCUT2D eigenvalue weighted by atomic mass is 32.2. The Morgan fingerprint density at radius 2 is 2.25 bits per heavy atom. The molecule has 1 aliphatic carbocycles. The lowest BCUT2D eigenvalue weighted by molar-refractivity contribution is -0.129. The molecule has 0 atom stereocenters. The molecule has 24 heavy (non-hydrogen) atoms. The summed E-state index contributed by atoms with van der Waals surface area (Å²) in [5, 5.41) is 2.88. The van der Waals surface area contributed by atoms with Crippen molar-refractivity contribution in [3.8, 4) is 0 Å². The van der Waals surface area contributed by atoms with Gasteiger partial charge in [-0.2, -0.15) is 0 Å². The van der Waals surface area contributed by atoms with Gasteiger partial charge in [0.05, 0.1) is 22.5 Å². The Morgan fingerprint density at radius 3 is 3.00 bits per heavy atom. The van der Waals surface area contributed by atoms with E-state index in [0.29, 0.717) is 18.3 Å². The van der Waals surface area contributed by atoms with Crippen molar-refractivity contribution in [2.75, 3.05) is 5.75 Å². The fraction of sp³-hybridized carbons (Fsp3) is 0.353. The zero-order valence-electron chi connectivity index (χ0n) is 13.3. The summed E-state index contributed by atoms with van der Waals surface area (Å²) in [6, 6.07) is 6.22. The SMILES string of the molecule is Cc1ccc(CN(C(=O)CSc2ncnc3ccsc23)C2CC2)o1. The van der Waals surface area contributed by atoms with Crippen molar-refractivity contribution < 1.29 is 9.21 Å². The van der Waals surface area contributed by atoms with Crippen LogP contribution in [0, 0.1) is 6.92 Å². The number of hydrogen-bond donors (Lipinski definition) is 0. The first-order valence-corrected chi connectivity index (χ1v) is 9.73. The highest BCUT2D eigenvalue weighted by Crippen LogP contribution is 2.32. The number of hydrogen-bond acceptors (Lipinski definition) is 6. The summed E-state index contributed by atoms with van der Waals surface area (Å²) in [5.41, 5.74) is 0.940. The number of aromatic nitrogens is 2. The highest BCUT2D eigenvalue weighted by molar-refractivity contribution is 8.00. The molecule has 0 unspecified atom stereocenters. The maximum atomic E-state index is 12.7. The molecule has 124 valence electrons. The Kier molecular flexibility index (Phi) is 4.28. The molecule has 1 amide bonds. The molecule has 3 heterocycles. The Labute approximate surface area is 148 Å². The number of thioether (sulfide) groups is 1. The number of carbonyl (C=O) groups is 1. The topological polar surface area (TPSA) is 59.2 Å². The molecule has 0 spiro atoms. The number of fused-ring (bicyclic) bond motifs is 1. The van der Waals surface area contributed by atoms with Gasteiger partial charge in [-0.3, -0.25) is 4.79 Å². The van der Waals surface area contributed by atoms with Crippen molar-refractivity contribution in [2.45, 2.75) is 37.4 Å². The van der Waals surface area contributed by atoms with Crippen molar-refractivity contribution in [2.24, 2.45) is 0 Å². The van der Waals surface area contributed by atoms with Gasteiger partial charge in [0.15, 0.2) is 0 Å². The molecular formula is C17H17N3O2S2. The summed E-state index contributed by atoms with van der Waals surface area (Å²) in [4.78, 5) is 23.2. The lowest BCUT2D eigenvalue weighted by Crippen LogP contribution is -2.33. The summed E-state index contributed by atoms with van der Waals surface area (Å²) >= 11 is 3.10. The second kappa shape index (κ2) is 6.57. The van der Waals surface area contributed by atoms with Crippen LogP contribution in [-0.2, 0) is 11.3 Å². The number of aryl methyl sites for hydroxylation is 1. The third-order valence-corrected chi connectivity index (χ3v) is 5.99. The van der Waals surface area contributed by atoms with E-state index in [1.54, 1.807) is 17.7 Å². The van der Waals surface area contributed by atoms with Crippen LogP contribution in [-0.4, -0.2) is 32.6 Å². The van der Waals surface area contributed by atoms with Crippen LogP contribution in [0.15, 0.2) is 39.3 Å². The zero-order chi connectivity index (χ0) is 16.5. The van der Waals surface area contributed by atoms with E-state index in [0.717, 1.165) is 39.6 Å². The van der Waals surface area contributed by atoms with Crippen molar-refractivity contribution in [3.05, 3.63) is 41.4 Å². The third-order valence-electron chi connectivity index (χ3n) is 3.97. The third kappa shape index (κ3) is 3.32. The second-order valence-electron chi connectivity index (χ2n) is 5.87. The molecule has 4 rings (SSSR count). The van der Waals surface area contributed by atoms with Crippen LogP contribution in [0.2, 0.25) is 0 Å². The maximum Gasteiger partial charge on any atom is 0.233 e. The predicted octanol–water partition coefficient (Wildman–Crippen LogP) is 3.88. The molecule has 0 saturated heterocycles. The van der Waals surface area contributed by atoms with Crippen LogP contribution in [0.5, 0.6) is 0 Å². The standard InChI is InChI=1S/C17H17N3O2S2/c1-11-2-5-13(22-11)8-20(12-3-4-12)15(21)9-24-17-16-14(6-7-23-16)18-10-19-17/h2,5-7,10,12H,3-4,8-9H2,1H3. The van der Waals surface area contributed by atoms with E-state index in [4.69, 9.17) is 4.42 Å². The molecule has 0 aromatic carbocycles. The van der Waals surface area contributed by atoms with E-state index < -0.39 is 0 Å². The monoisotopic (exact) mass is 359 g/mol. The van der Waals surface area contributed by atoms with Crippen LogP contribution in [0.25, 0.3) is 10.2 Å². The Morgan fingerprint density at radius 1 is 1.38 bits per heavy atom. The molecule has 0 N–H and O–H groups in total. The van der Waals surface area contributed by atoms with Gasteiger partial charge in [0.1, 0.15) is 22.9 Å². The van der Waals surface area contributed by atoms with Crippen LogP contribution < -0.4 is 0 Å². The Bertz CT molecular complexity index is 869. The summed E-state index contributed by atoms with van der Waals surface area (Å²) in [6.45, 7) is 2.47. The van der Waals surface area contributed by atoms with Gasteiger partial charge in [-0.25, -0.2) is 9.97 Å². The van der Waals surface area contributed by atoms with Gasteiger partial charge in [0, 0.05) is 6.04 Å². The lowest BCUT2D eigenvalue weighted by atomic mass is 10.3. The summed E-state index contributed by atoms with van der Waals surface area (Å²) in [6.07, 6.45) is 3.73. The van der Waals surface area contributed by atoms with Crippen LogP contribution in [0.1, 0.15) is 24.4 Å². The van der Waals surface area contributed by atoms with Crippen molar-refractivity contribution in [1.82, 2.24) is 14.9 Å². The van der Waals surface area contributed by atoms with E-state index in [1.807, 2.05) is 35.4 Å². The summed E-state index contributed by atoms with van der Waals surface area (Å²) in [5.74, 6) is 2.25. The number of rotatable bonds is 6. The molecule has 0 aliphatic heterocycles. The Hall–Kier alpha value is -1.86. The highest BCUT2D eigenvalue weighted by Gasteiger charge is 2.33. The number of thiophene rings is 1. The van der Waals surface area contributed by atoms with Crippen LogP contribution in [0.3, 0.4) is 0 Å². The van der Waals surface area contributed by atoms with E-state index in [-0.39, 0.29) is 5.91 Å². The lowest BCUT2D eigenvalue weighted by Gasteiger charge is -2.21. The van der Waals surface area contributed by atoms with E-state index in [9.17, 15) is 4.79 Å². The van der Waals surface area contributed by atoms with Crippen molar-refractivity contribution in [1.29, 1.82) is 0 Å². The van der Waals surface area contributed by atoms with Crippen molar-refractivity contribution >= 4 is 39.2 Å². The van der Waals surface area contributed by atoms with Gasteiger partial charge in [-0.1, -0.05) is 11.8 Å². The quantitative estimate of drug-likeness (QED) is 0.494. The molecule has 1 saturated carbocycles. The summed E-state index contributed by atoms with van der Waals surface area (Å²) in [7, 11) is 0. The minimum absolute atomic E-state index is 0.139. The smallest absolute Gasteiger partial charge is 0.233 e. The molecule has 1 fully saturated rings. The fourth-order valence-corrected chi connectivity index (χ4v) is 4.46. The van der Waals surface area contributed by atoms with Gasteiger partial charge in [-0.15, -0.1) is 11.3 Å². The average Bonchev–Trinajstić information content (AvgIpc) is 3.15. The molecule has 0 bridgehead atoms. The van der Waals surface area contributed by atoms with Gasteiger partial charge in [0.25, 0.3) is 0 Å². The fourth-order valence-electron chi connectivity index (χ4n) is 2.63. The average molecular weight is 359 g/mol. The second-order valence-corrected chi connectivity index (χ2v) is 7.75. The van der Waals surface area contributed by atoms with Crippen LogP contribution >= 0.6 is 23.1 Å². The normalized spacial score (nSPS) is 14.2. The molecule has 0 radical (unpaired) electrons. The van der Waals surface area contributed by atoms with Gasteiger partial charge in [-0.05, 0) is 43.3 Å². The van der Waals surface area contributed by atoms with Gasteiger partial charge >= 0.3 is 0 Å². The molecule has 3 aromatic rings. The minimum atomic E-state index is 0.139.